The molecule has 138 valence electrons. The van der Waals surface area contributed by atoms with Crippen LogP contribution in [0.3, 0.4) is 0 Å². The minimum absolute atomic E-state index is 0.0254. The van der Waals surface area contributed by atoms with Gasteiger partial charge in [-0.2, -0.15) is 4.31 Å². The second-order valence-electron chi connectivity index (χ2n) is 6.40. The van der Waals surface area contributed by atoms with Gasteiger partial charge in [-0.05, 0) is 36.8 Å². The van der Waals surface area contributed by atoms with Crippen LogP contribution in [-0.2, 0) is 21.2 Å². The highest BCUT2D eigenvalue weighted by molar-refractivity contribution is 7.89. The largest absolute Gasteiger partial charge is 0.340 e. The van der Waals surface area contributed by atoms with Crippen molar-refractivity contribution in [2.75, 3.05) is 26.2 Å². The first-order valence-electron chi connectivity index (χ1n) is 8.45. The number of nitrogens with zero attached hydrogens (tertiary/aromatic N) is 2. The van der Waals surface area contributed by atoms with Crippen molar-refractivity contribution in [3.8, 4) is 0 Å². The van der Waals surface area contributed by atoms with Crippen LogP contribution in [0.2, 0.25) is 5.02 Å². The van der Waals surface area contributed by atoms with E-state index in [0.29, 0.717) is 37.6 Å². The Morgan fingerprint density at radius 1 is 0.962 bits per heavy atom. The number of halogens is 1. The van der Waals surface area contributed by atoms with Gasteiger partial charge in [0.1, 0.15) is 0 Å². The number of carbonyl (C=O) groups excluding carboxylic acids is 1. The van der Waals surface area contributed by atoms with Gasteiger partial charge in [0.05, 0.1) is 11.3 Å². The first-order valence-corrected chi connectivity index (χ1v) is 10.3. The van der Waals surface area contributed by atoms with Gasteiger partial charge in [-0.25, -0.2) is 8.42 Å². The molecule has 1 amide bonds. The maximum absolute atomic E-state index is 12.7. The monoisotopic (exact) mass is 392 g/mol. The SMILES string of the molecule is Cc1ccc(CC(=O)N2CCN(S(=O)(=O)c3ccc(Cl)cc3)CC2)cc1. The van der Waals surface area contributed by atoms with Crippen LogP contribution >= 0.6 is 11.6 Å². The summed E-state index contributed by atoms with van der Waals surface area (Å²) in [6.07, 6.45) is 0.338. The summed E-state index contributed by atoms with van der Waals surface area (Å²) in [5.41, 5.74) is 2.12. The summed E-state index contributed by atoms with van der Waals surface area (Å²) >= 11 is 5.82. The molecule has 7 heteroatoms. The van der Waals surface area contributed by atoms with Gasteiger partial charge in [-0.1, -0.05) is 41.4 Å². The highest BCUT2D eigenvalue weighted by Gasteiger charge is 2.30. The van der Waals surface area contributed by atoms with E-state index in [1.807, 2.05) is 31.2 Å². The van der Waals surface area contributed by atoms with E-state index in [9.17, 15) is 13.2 Å². The fourth-order valence-electron chi connectivity index (χ4n) is 2.93. The molecule has 1 aliphatic rings. The summed E-state index contributed by atoms with van der Waals surface area (Å²) in [7, 11) is -3.55. The third-order valence-corrected chi connectivity index (χ3v) is 6.68. The van der Waals surface area contributed by atoms with Crippen molar-refractivity contribution < 1.29 is 13.2 Å². The Balaban J connectivity index is 1.60. The predicted molar refractivity (Wildman–Crippen MR) is 102 cm³/mol. The van der Waals surface area contributed by atoms with Crippen LogP contribution in [0.5, 0.6) is 0 Å². The second-order valence-corrected chi connectivity index (χ2v) is 8.78. The molecule has 0 aliphatic carbocycles. The average molecular weight is 393 g/mol. The fraction of sp³-hybridized carbons (Fsp3) is 0.316. The van der Waals surface area contributed by atoms with E-state index in [2.05, 4.69) is 0 Å². The number of sulfonamides is 1. The van der Waals surface area contributed by atoms with E-state index in [1.165, 1.54) is 16.4 Å². The van der Waals surface area contributed by atoms with Crippen molar-refractivity contribution in [1.29, 1.82) is 0 Å². The summed E-state index contributed by atoms with van der Waals surface area (Å²) in [5, 5.41) is 0.496. The van der Waals surface area contributed by atoms with Gasteiger partial charge >= 0.3 is 0 Å². The van der Waals surface area contributed by atoms with Crippen LogP contribution in [0, 0.1) is 6.92 Å². The molecule has 0 unspecified atom stereocenters. The van der Waals surface area contributed by atoms with Crippen LogP contribution in [-0.4, -0.2) is 49.7 Å². The van der Waals surface area contributed by atoms with Crippen molar-refractivity contribution in [1.82, 2.24) is 9.21 Å². The number of hydrogen-bond acceptors (Lipinski definition) is 3. The molecule has 5 nitrogen and oxygen atoms in total. The van der Waals surface area contributed by atoms with Crippen molar-refractivity contribution in [2.45, 2.75) is 18.2 Å². The number of piperazine rings is 1. The Labute approximate surface area is 159 Å². The van der Waals surface area contributed by atoms with Gasteiger partial charge < -0.3 is 4.90 Å². The van der Waals surface area contributed by atoms with E-state index in [4.69, 9.17) is 11.6 Å². The fourth-order valence-corrected chi connectivity index (χ4v) is 4.47. The van der Waals surface area contributed by atoms with Crippen LogP contribution in [0.4, 0.5) is 0 Å². The molecule has 0 bridgehead atoms. The van der Waals surface area contributed by atoms with E-state index < -0.39 is 10.0 Å². The van der Waals surface area contributed by atoms with Crippen LogP contribution in [0.25, 0.3) is 0 Å². The van der Waals surface area contributed by atoms with Gasteiger partial charge in [0.15, 0.2) is 0 Å². The second kappa shape index (κ2) is 7.78. The summed E-state index contributed by atoms with van der Waals surface area (Å²) < 4.78 is 26.8. The normalized spacial score (nSPS) is 15.8. The molecular weight excluding hydrogens is 372 g/mol. The highest BCUT2D eigenvalue weighted by atomic mass is 35.5. The number of hydrogen-bond donors (Lipinski definition) is 0. The molecule has 2 aromatic carbocycles. The molecule has 0 aromatic heterocycles. The molecule has 0 spiro atoms. The molecule has 1 saturated heterocycles. The molecule has 1 aliphatic heterocycles. The lowest BCUT2D eigenvalue weighted by molar-refractivity contribution is -0.131. The Hall–Kier alpha value is -1.89. The third-order valence-electron chi connectivity index (χ3n) is 4.52. The first kappa shape index (κ1) is 18.9. The summed E-state index contributed by atoms with van der Waals surface area (Å²) in [5.74, 6) is 0.0254. The first-order chi connectivity index (χ1) is 12.4. The van der Waals surface area contributed by atoms with E-state index in [-0.39, 0.29) is 10.8 Å². The molecule has 0 radical (unpaired) electrons. The zero-order valence-electron chi connectivity index (χ0n) is 14.6. The molecule has 0 N–H and O–H groups in total. The lowest BCUT2D eigenvalue weighted by atomic mass is 10.1. The van der Waals surface area contributed by atoms with E-state index in [0.717, 1.165) is 11.1 Å². The number of rotatable bonds is 4. The number of amides is 1. The van der Waals surface area contributed by atoms with Gasteiger partial charge in [0, 0.05) is 31.2 Å². The maximum atomic E-state index is 12.7. The Morgan fingerprint density at radius 2 is 1.54 bits per heavy atom. The summed E-state index contributed by atoms with van der Waals surface area (Å²) in [6.45, 7) is 3.40. The highest BCUT2D eigenvalue weighted by Crippen LogP contribution is 2.20. The topological polar surface area (TPSA) is 57.7 Å². The van der Waals surface area contributed by atoms with Crippen molar-refractivity contribution in [3.05, 3.63) is 64.7 Å². The molecule has 0 saturated carbocycles. The van der Waals surface area contributed by atoms with Gasteiger partial charge in [0.2, 0.25) is 15.9 Å². The summed E-state index contributed by atoms with van der Waals surface area (Å²) in [4.78, 5) is 14.4. The number of benzene rings is 2. The zero-order valence-corrected chi connectivity index (χ0v) is 16.1. The minimum atomic E-state index is -3.55. The molecule has 3 rings (SSSR count). The maximum Gasteiger partial charge on any atom is 0.243 e. The molecule has 1 heterocycles. The molecule has 2 aromatic rings. The predicted octanol–water partition coefficient (Wildman–Crippen LogP) is 2.72. The van der Waals surface area contributed by atoms with E-state index in [1.54, 1.807) is 17.0 Å². The zero-order chi connectivity index (χ0) is 18.7. The Bertz CT molecular complexity index is 872. The Kier molecular flexibility index (Phi) is 5.65. The van der Waals surface area contributed by atoms with Gasteiger partial charge in [-0.15, -0.1) is 0 Å². The minimum Gasteiger partial charge on any atom is -0.340 e. The van der Waals surface area contributed by atoms with Crippen LogP contribution in [0.15, 0.2) is 53.4 Å². The average Bonchev–Trinajstić information content (AvgIpc) is 2.64. The molecule has 26 heavy (non-hydrogen) atoms. The quantitative estimate of drug-likeness (QED) is 0.803. The van der Waals surface area contributed by atoms with Crippen LogP contribution in [0.1, 0.15) is 11.1 Å². The number of carbonyl (C=O) groups is 1. The van der Waals surface area contributed by atoms with E-state index >= 15 is 0 Å². The van der Waals surface area contributed by atoms with Crippen molar-refractivity contribution in [2.24, 2.45) is 0 Å². The van der Waals surface area contributed by atoms with Crippen molar-refractivity contribution in [3.63, 3.8) is 0 Å². The standard InChI is InChI=1S/C19H21ClN2O3S/c1-15-2-4-16(5-3-15)14-19(23)21-10-12-22(13-11-21)26(24,25)18-8-6-17(20)7-9-18/h2-9H,10-14H2,1H3. The third kappa shape index (κ3) is 4.26. The smallest absolute Gasteiger partial charge is 0.243 e. The lowest BCUT2D eigenvalue weighted by Gasteiger charge is -2.34. The summed E-state index contributed by atoms with van der Waals surface area (Å²) in [6, 6.07) is 14.0. The molecule has 0 atom stereocenters. The van der Waals surface area contributed by atoms with Crippen LogP contribution < -0.4 is 0 Å². The van der Waals surface area contributed by atoms with Gasteiger partial charge in [-0.3, -0.25) is 4.79 Å². The van der Waals surface area contributed by atoms with Crippen molar-refractivity contribution >= 4 is 27.5 Å². The molecular formula is C19H21ClN2O3S. The molecule has 1 fully saturated rings. The number of aryl methyl sites for hydroxylation is 1. The Morgan fingerprint density at radius 3 is 2.12 bits per heavy atom. The lowest BCUT2D eigenvalue weighted by Crippen LogP contribution is -2.50. The van der Waals surface area contributed by atoms with Gasteiger partial charge in [0.25, 0.3) is 0 Å².